The van der Waals surface area contributed by atoms with Crippen molar-refractivity contribution in [2.45, 2.75) is 200 Å². The number of likely N-dealkylation sites (N-methyl/N-ethyl adjacent to an activating group) is 1. The third-order valence-electron chi connectivity index (χ3n) is 9.29. The molecule has 0 amide bonds. The molecule has 0 N–H and O–H groups in total. The van der Waals surface area contributed by atoms with E-state index in [1.807, 2.05) is 21.1 Å². The first-order valence-electron chi connectivity index (χ1n) is 21.4. The average molecular weight is 760 g/mol. The van der Waals surface area contributed by atoms with Crippen molar-refractivity contribution in [3.63, 3.8) is 0 Å². The number of nitrogens with zero attached hydrogens (tertiary/aromatic N) is 1. The van der Waals surface area contributed by atoms with Crippen molar-refractivity contribution in [1.29, 1.82) is 0 Å². The second-order valence-electron chi connectivity index (χ2n) is 15.7. The molecule has 0 fully saturated rings. The van der Waals surface area contributed by atoms with Crippen molar-refractivity contribution >= 4 is 19.8 Å². The maximum atomic E-state index is 12.6. The summed E-state index contributed by atoms with van der Waals surface area (Å²) in [5.41, 5.74) is 0. The lowest BCUT2D eigenvalue weighted by Crippen LogP contribution is -2.37. The Labute approximate surface area is 320 Å². The second-order valence-corrected chi connectivity index (χ2v) is 17.1. The SMILES string of the molecule is CCCCCCCCCCCC/C=C/CCCC(=O)O[C@H](COC(=O)CCCCCCCCCCCCCCC)COP(=O)([O-])OCC[N+](C)(C)C. The fourth-order valence-electron chi connectivity index (χ4n) is 5.89. The van der Waals surface area contributed by atoms with Crippen LogP contribution in [-0.2, 0) is 32.7 Å². The highest BCUT2D eigenvalue weighted by Gasteiger charge is 2.21. The summed E-state index contributed by atoms with van der Waals surface area (Å²) >= 11 is 0. The highest BCUT2D eigenvalue weighted by atomic mass is 31.2. The fraction of sp³-hybridized carbons (Fsp3) is 0.905. The zero-order chi connectivity index (χ0) is 38.6. The van der Waals surface area contributed by atoms with Gasteiger partial charge in [-0.15, -0.1) is 0 Å². The van der Waals surface area contributed by atoms with Gasteiger partial charge in [0.15, 0.2) is 6.10 Å². The second kappa shape index (κ2) is 35.5. The van der Waals surface area contributed by atoms with E-state index in [1.54, 1.807) is 0 Å². The van der Waals surface area contributed by atoms with Crippen LogP contribution in [0.5, 0.6) is 0 Å². The quantitative estimate of drug-likeness (QED) is 0.0200. The number of quaternary nitrogens is 1. The van der Waals surface area contributed by atoms with Gasteiger partial charge in [0.05, 0.1) is 27.7 Å². The van der Waals surface area contributed by atoms with Crippen molar-refractivity contribution in [2.75, 3.05) is 47.5 Å². The number of carbonyl (C=O) groups excluding carboxylic acids is 2. The Morgan fingerprint density at radius 3 is 1.48 bits per heavy atom. The van der Waals surface area contributed by atoms with E-state index in [0.29, 0.717) is 17.4 Å². The molecule has 0 rings (SSSR count). The smallest absolute Gasteiger partial charge is 0.306 e. The van der Waals surface area contributed by atoms with Crippen molar-refractivity contribution in [3.8, 4) is 0 Å². The van der Waals surface area contributed by atoms with Gasteiger partial charge in [-0.3, -0.25) is 14.2 Å². The molecule has 0 aliphatic carbocycles. The summed E-state index contributed by atoms with van der Waals surface area (Å²) < 4.78 is 33.8. The van der Waals surface area contributed by atoms with Crippen LogP contribution in [0.2, 0.25) is 0 Å². The number of allylic oxidation sites excluding steroid dienone is 2. The zero-order valence-electron chi connectivity index (χ0n) is 34.5. The normalized spacial score (nSPS) is 13.7. The average Bonchev–Trinajstić information content (AvgIpc) is 3.09. The van der Waals surface area contributed by atoms with Gasteiger partial charge in [-0.05, 0) is 32.1 Å². The summed E-state index contributed by atoms with van der Waals surface area (Å²) in [6.45, 7) is 4.21. The topological polar surface area (TPSA) is 111 Å². The molecule has 9 nitrogen and oxygen atoms in total. The Kier molecular flexibility index (Phi) is 34.6. The molecule has 0 bridgehead atoms. The van der Waals surface area contributed by atoms with Crippen molar-refractivity contribution in [1.82, 2.24) is 0 Å². The number of hydrogen-bond acceptors (Lipinski definition) is 8. The molecule has 0 saturated heterocycles. The van der Waals surface area contributed by atoms with E-state index in [-0.39, 0.29) is 32.0 Å². The highest BCUT2D eigenvalue weighted by molar-refractivity contribution is 7.45. The minimum Gasteiger partial charge on any atom is -0.756 e. The number of unbranched alkanes of at least 4 members (excludes halogenated alkanes) is 23. The van der Waals surface area contributed by atoms with Gasteiger partial charge in [-0.1, -0.05) is 161 Å². The summed E-state index contributed by atoms with van der Waals surface area (Å²) in [5.74, 6) is -0.864. The minimum atomic E-state index is -4.62. The van der Waals surface area contributed by atoms with Gasteiger partial charge in [0, 0.05) is 12.8 Å². The molecule has 0 aromatic rings. The van der Waals surface area contributed by atoms with E-state index in [0.717, 1.165) is 32.1 Å². The Balaban J connectivity index is 4.39. The van der Waals surface area contributed by atoms with E-state index in [9.17, 15) is 19.0 Å². The Morgan fingerprint density at radius 2 is 1.00 bits per heavy atom. The predicted molar refractivity (Wildman–Crippen MR) is 213 cm³/mol. The number of phosphoric ester groups is 1. The Hall–Kier alpha value is -1.25. The summed E-state index contributed by atoms with van der Waals surface area (Å²) in [5, 5.41) is 0. The molecule has 0 heterocycles. The number of carbonyl (C=O) groups is 2. The van der Waals surface area contributed by atoms with Gasteiger partial charge < -0.3 is 27.9 Å². The van der Waals surface area contributed by atoms with E-state index >= 15 is 0 Å². The minimum absolute atomic E-state index is 0.0322. The standard InChI is InChI=1S/C42H82NO8P/c1-6-8-10-12-14-16-18-20-21-23-25-27-29-31-33-35-42(45)51-40(39-50-52(46,47)49-37-36-43(3,4)5)38-48-41(44)34-32-30-28-26-24-22-19-17-15-13-11-9-7-2/h27,29,40H,6-26,28,30-39H2,1-5H3/b29-27+/t40-/m1/s1. The molecular weight excluding hydrogens is 677 g/mol. The van der Waals surface area contributed by atoms with Crippen LogP contribution in [0, 0.1) is 0 Å². The first-order chi connectivity index (χ1) is 25.0. The Morgan fingerprint density at radius 1 is 0.577 bits per heavy atom. The third kappa shape index (κ3) is 38.5. The lowest BCUT2D eigenvalue weighted by molar-refractivity contribution is -0.870. The molecule has 308 valence electrons. The van der Waals surface area contributed by atoms with Crippen LogP contribution in [0.4, 0.5) is 0 Å². The van der Waals surface area contributed by atoms with Gasteiger partial charge in [-0.25, -0.2) is 0 Å². The molecule has 10 heteroatoms. The summed E-state index contributed by atoms with van der Waals surface area (Å²) in [7, 11) is 1.16. The third-order valence-corrected chi connectivity index (χ3v) is 10.2. The van der Waals surface area contributed by atoms with Crippen LogP contribution >= 0.6 is 7.82 Å². The molecule has 1 unspecified atom stereocenters. The van der Waals surface area contributed by atoms with E-state index in [4.69, 9.17) is 18.5 Å². The van der Waals surface area contributed by atoms with E-state index in [1.165, 1.54) is 128 Å². The number of ether oxygens (including phenoxy) is 2. The van der Waals surface area contributed by atoms with E-state index in [2.05, 4.69) is 26.0 Å². The van der Waals surface area contributed by atoms with Crippen molar-refractivity contribution < 1.29 is 42.1 Å². The van der Waals surface area contributed by atoms with Crippen LogP contribution in [0.1, 0.15) is 194 Å². The van der Waals surface area contributed by atoms with Crippen molar-refractivity contribution in [2.24, 2.45) is 0 Å². The molecule has 2 atom stereocenters. The van der Waals surface area contributed by atoms with Gasteiger partial charge in [-0.2, -0.15) is 0 Å². The summed E-state index contributed by atoms with van der Waals surface area (Å²) in [6.07, 6.45) is 35.2. The van der Waals surface area contributed by atoms with Gasteiger partial charge >= 0.3 is 11.9 Å². The molecule has 0 aromatic heterocycles. The number of rotatable bonds is 39. The monoisotopic (exact) mass is 760 g/mol. The molecular formula is C42H82NO8P. The molecule has 0 spiro atoms. The molecule has 0 aliphatic rings. The number of phosphoric acid groups is 1. The lowest BCUT2D eigenvalue weighted by atomic mass is 10.0. The van der Waals surface area contributed by atoms with Crippen LogP contribution in [0.25, 0.3) is 0 Å². The van der Waals surface area contributed by atoms with Gasteiger partial charge in [0.2, 0.25) is 0 Å². The lowest BCUT2D eigenvalue weighted by Gasteiger charge is -2.28. The first kappa shape index (κ1) is 50.8. The molecule has 0 radical (unpaired) electrons. The number of esters is 2. The predicted octanol–water partition coefficient (Wildman–Crippen LogP) is 11.2. The van der Waals surface area contributed by atoms with Crippen LogP contribution in [-0.4, -0.2) is 70.0 Å². The summed E-state index contributed by atoms with van der Waals surface area (Å²) in [4.78, 5) is 37.4. The van der Waals surface area contributed by atoms with Crippen LogP contribution < -0.4 is 4.89 Å². The largest absolute Gasteiger partial charge is 0.756 e. The van der Waals surface area contributed by atoms with Gasteiger partial charge in [0.1, 0.15) is 19.8 Å². The molecule has 0 aromatic carbocycles. The maximum absolute atomic E-state index is 12.6. The molecule has 0 saturated carbocycles. The molecule has 0 aliphatic heterocycles. The summed E-state index contributed by atoms with van der Waals surface area (Å²) in [6, 6.07) is 0. The van der Waals surface area contributed by atoms with Crippen molar-refractivity contribution in [3.05, 3.63) is 12.2 Å². The van der Waals surface area contributed by atoms with Crippen LogP contribution in [0.15, 0.2) is 12.2 Å². The first-order valence-corrected chi connectivity index (χ1v) is 22.9. The zero-order valence-corrected chi connectivity index (χ0v) is 35.4. The Bertz CT molecular complexity index is 907. The fourth-order valence-corrected chi connectivity index (χ4v) is 6.62. The molecule has 52 heavy (non-hydrogen) atoms. The maximum Gasteiger partial charge on any atom is 0.306 e. The van der Waals surface area contributed by atoms with Gasteiger partial charge in [0.25, 0.3) is 7.82 Å². The highest BCUT2D eigenvalue weighted by Crippen LogP contribution is 2.38. The van der Waals surface area contributed by atoms with Crippen LogP contribution in [0.3, 0.4) is 0 Å². The number of hydrogen-bond donors (Lipinski definition) is 0. The van der Waals surface area contributed by atoms with E-state index < -0.39 is 26.5 Å².